The van der Waals surface area contributed by atoms with Crippen LogP contribution in [0.1, 0.15) is 30.5 Å². The van der Waals surface area contributed by atoms with Gasteiger partial charge in [0.25, 0.3) is 0 Å². The molecule has 70 valence electrons. The van der Waals surface area contributed by atoms with Crippen molar-refractivity contribution < 1.29 is 0 Å². The summed E-state index contributed by atoms with van der Waals surface area (Å²) >= 11 is 3.52. The van der Waals surface area contributed by atoms with Gasteiger partial charge in [-0.25, -0.2) is 0 Å². The molecule has 13 heavy (non-hydrogen) atoms. The molecule has 0 amide bonds. The average Bonchev–Trinajstić information content (AvgIpc) is 2.17. The molecule has 0 aromatic heterocycles. The SMILES string of the molecule is CCC1NCCc2ccc(Br)cc21. The first-order chi connectivity index (χ1) is 6.31. The quantitative estimate of drug-likeness (QED) is 0.795. The summed E-state index contributed by atoms with van der Waals surface area (Å²) in [6.45, 7) is 3.35. The lowest BCUT2D eigenvalue weighted by Gasteiger charge is -2.26. The van der Waals surface area contributed by atoms with Gasteiger partial charge in [-0.2, -0.15) is 0 Å². The van der Waals surface area contributed by atoms with E-state index in [0.29, 0.717) is 6.04 Å². The molecule has 1 N–H and O–H groups in total. The minimum absolute atomic E-state index is 0.557. The highest BCUT2D eigenvalue weighted by Crippen LogP contribution is 2.27. The molecule has 0 fully saturated rings. The molecule has 1 unspecified atom stereocenters. The van der Waals surface area contributed by atoms with Crippen LogP contribution in [0.4, 0.5) is 0 Å². The molecule has 1 aromatic carbocycles. The Morgan fingerprint density at radius 1 is 1.54 bits per heavy atom. The van der Waals surface area contributed by atoms with Gasteiger partial charge in [0.05, 0.1) is 0 Å². The van der Waals surface area contributed by atoms with Gasteiger partial charge < -0.3 is 5.32 Å². The summed E-state index contributed by atoms with van der Waals surface area (Å²) in [4.78, 5) is 0. The zero-order chi connectivity index (χ0) is 9.26. The van der Waals surface area contributed by atoms with Crippen molar-refractivity contribution in [1.29, 1.82) is 0 Å². The second kappa shape index (κ2) is 3.81. The van der Waals surface area contributed by atoms with Gasteiger partial charge in [-0.15, -0.1) is 0 Å². The van der Waals surface area contributed by atoms with E-state index in [9.17, 15) is 0 Å². The highest BCUT2D eigenvalue weighted by atomic mass is 79.9. The molecule has 0 radical (unpaired) electrons. The van der Waals surface area contributed by atoms with Gasteiger partial charge in [-0.05, 0) is 42.6 Å². The van der Waals surface area contributed by atoms with Crippen LogP contribution >= 0.6 is 15.9 Å². The first kappa shape index (κ1) is 9.22. The standard InChI is InChI=1S/C11H14BrN/c1-2-11-10-7-9(12)4-3-8(10)5-6-13-11/h3-4,7,11,13H,2,5-6H2,1H3. The molecule has 0 aliphatic carbocycles. The van der Waals surface area contributed by atoms with Crippen LogP contribution in [0.25, 0.3) is 0 Å². The topological polar surface area (TPSA) is 12.0 Å². The minimum Gasteiger partial charge on any atom is -0.310 e. The monoisotopic (exact) mass is 239 g/mol. The molecular weight excluding hydrogens is 226 g/mol. The van der Waals surface area contributed by atoms with Crippen molar-refractivity contribution in [1.82, 2.24) is 5.32 Å². The fraction of sp³-hybridized carbons (Fsp3) is 0.455. The lowest BCUT2D eigenvalue weighted by Crippen LogP contribution is -2.29. The lowest BCUT2D eigenvalue weighted by atomic mass is 9.93. The van der Waals surface area contributed by atoms with Crippen molar-refractivity contribution in [2.24, 2.45) is 0 Å². The first-order valence-electron chi connectivity index (χ1n) is 4.83. The Kier molecular flexibility index (Phi) is 2.70. The van der Waals surface area contributed by atoms with Crippen LogP contribution in [0.5, 0.6) is 0 Å². The van der Waals surface area contributed by atoms with Crippen molar-refractivity contribution in [2.45, 2.75) is 25.8 Å². The maximum atomic E-state index is 3.53. The van der Waals surface area contributed by atoms with Crippen LogP contribution in [-0.2, 0) is 6.42 Å². The zero-order valence-electron chi connectivity index (χ0n) is 7.81. The lowest BCUT2D eigenvalue weighted by molar-refractivity contribution is 0.492. The van der Waals surface area contributed by atoms with E-state index in [2.05, 4.69) is 46.4 Å². The van der Waals surface area contributed by atoms with Gasteiger partial charge in [0.1, 0.15) is 0 Å². The number of fused-ring (bicyclic) bond motifs is 1. The second-order valence-electron chi connectivity index (χ2n) is 3.51. The van der Waals surface area contributed by atoms with E-state index < -0.39 is 0 Å². The smallest absolute Gasteiger partial charge is 0.0320 e. The van der Waals surface area contributed by atoms with Crippen LogP contribution in [-0.4, -0.2) is 6.54 Å². The third-order valence-electron chi connectivity index (χ3n) is 2.68. The van der Waals surface area contributed by atoms with Gasteiger partial charge in [0, 0.05) is 10.5 Å². The van der Waals surface area contributed by atoms with Crippen molar-refractivity contribution >= 4 is 15.9 Å². The van der Waals surface area contributed by atoms with Crippen LogP contribution in [0.2, 0.25) is 0 Å². The van der Waals surface area contributed by atoms with E-state index in [1.54, 1.807) is 0 Å². The number of hydrogen-bond donors (Lipinski definition) is 1. The Balaban J connectivity index is 2.41. The average molecular weight is 240 g/mol. The van der Waals surface area contributed by atoms with Crippen molar-refractivity contribution in [3.8, 4) is 0 Å². The molecule has 2 rings (SSSR count). The van der Waals surface area contributed by atoms with Crippen LogP contribution in [0.15, 0.2) is 22.7 Å². The van der Waals surface area contributed by atoms with E-state index >= 15 is 0 Å². The number of rotatable bonds is 1. The van der Waals surface area contributed by atoms with Crippen LogP contribution in [0, 0.1) is 0 Å². The minimum atomic E-state index is 0.557. The molecule has 1 atom stereocenters. The number of halogens is 1. The van der Waals surface area contributed by atoms with Gasteiger partial charge in [0.2, 0.25) is 0 Å². The van der Waals surface area contributed by atoms with E-state index in [4.69, 9.17) is 0 Å². The molecule has 1 aliphatic heterocycles. The van der Waals surface area contributed by atoms with Gasteiger partial charge in [-0.1, -0.05) is 28.9 Å². The summed E-state index contributed by atoms with van der Waals surface area (Å²) in [5, 5.41) is 3.53. The number of hydrogen-bond acceptors (Lipinski definition) is 1. The van der Waals surface area contributed by atoms with Gasteiger partial charge in [-0.3, -0.25) is 0 Å². The molecule has 0 bridgehead atoms. The Hall–Kier alpha value is -0.340. The van der Waals surface area contributed by atoms with Crippen LogP contribution < -0.4 is 5.32 Å². The largest absolute Gasteiger partial charge is 0.310 e. The molecule has 1 heterocycles. The Morgan fingerprint density at radius 3 is 3.15 bits per heavy atom. The van der Waals surface area contributed by atoms with E-state index in [-0.39, 0.29) is 0 Å². The fourth-order valence-corrected chi connectivity index (χ4v) is 2.35. The summed E-state index contributed by atoms with van der Waals surface area (Å²) in [7, 11) is 0. The molecule has 0 spiro atoms. The third-order valence-corrected chi connectivity index (χ3v) is 3.17. The first-order valence-corrected chi connectivity index (χ1v) is 5.62. The zero-order valence-corrected chi connectivity index (χ0v) is 9.39. The van der Waals surface area contributed by atoms with Gasteiger partial charge in [0.15, 0.2) is 0 Å². The Labute approximate surface area is 87.7 Å². The summed E-state index contributed by atoms with van der Waals surface area (Å²) < 4.78 is 1.19. The number of nitrogens with one attached hydrogen (secondary N) is 1. The highest BCUT2D eigenvalue weighted by molar-refractivity contribution is 9.10. The predicted molar refractivity (Wildman–Crippen MR) is 58.9 cm³/mol. The Morgan fingerprint density at radius 2 is 2.38 bits per heavy atom. The fourth-order valence-electron chi connectivity index (χ4n) is 1.97. The predicted octanol–water partition coefficient (Wildman–Crippen LogP) is 3.05. The maximum absolute atomic E-state index is 3.53. The maximum Gasteiger partial charge on any atom is 0.0320 e. The third kappa shape index (κ3) is 1.79. The van der Waals surface area contributed by atoms with Crippen molar-refractivity contribution in [3.63, 3.8) is 0 Å². The summed E-state index contributed by atoms with van der Waals surface area (Å²) in [5.74, 6) is 0. The molecular formula is C11H14BrN. The molecule has 0 saturated carbocycles. The summed E-state index contributed by atoms with van der Waals surface area (Å²) in [5.41, 5.74) is 2.98. The normalized spacial score (nSPS) is 21.2. The Bertz CT molecular complexity index is 309. The second-order valence-corrected chi connectivity index (χ2v) is 4.42. The summed E-state index contributed by atoms with van der Waals surface area (Å²) in [6, 6.07) is 7.18. The molecule has 0 saturated heterocycles. The van der Waals surface area contributed by atoms with E-state index in [1.807, 2.05) is 0 Å². The van der Waals surface area contributed by atoms with Crippen molar-refractivity contribution in [2.75, 3.05) is 6.54 Å². The van der Waals surface area contributed by atoms with E-state index in [1.165, 1.54) is 28.4 Å². The highest BCUT2D eigenvalue weighted by Gasteiger charge is 2.17. The van der Waals surface area contributed by atoms with Gasteiger partial charge >= 0.3 is 0 Å². The van der Waals surface area contributed by atoms with Crippen LogP contribution in [0.3, 0.4) is 0 Å². The van der Waals surface area contributed by atoms with E-state index in [0.717, 1.165) is 6.54 Å². The van der Waals surface area contributed by atoms with Crippen molar-refractivity contribution in [3.05, 3.63) is 33.8 Å². The summed E-state index contributed by atoms with van der Waals surface area (Å²) in [6.07, 6.45) is 2.34. The molecule has 1 aromatic rings. The molecule has 2 heteroatoms. The molecule has 1 aliphatic rings. The molecule has 1 nitrogen and oxygen atoms in total. The number of benzene rings is 1.